The molecule has 1 aromatic carbocycles. The molecule has 0 spiro atoms. The first-order valence-electron chi connectivity index (χ1n) is 9.01. The van der Waals surface area contributed by atoms with Crippen LogP contribution in [0.3, 0.4) is 0 Å². The van der Waals surface area contributed by atoms with E-state index in [1.165, 1.54) is 18.4 Å². The fraction of sp³-hybridized carbons (Fsp3) is 0.350. The number of thioether (sulfide) groups is 1. The summed E-state index contributed by atoms with van der Waals surface area (Å²) in [4.78, 5) is 4.27. The Labute approximate surface area is 157 Å². The molecule has 0 amide bonds. The van der Waals surface area contributed by atoms with Crippen LogP contribution >= 0.6 is 11.8 Å². The van der Waals surface area contributed by atoms with Crippen molar-refractivity contribution in [3.63, 3.8) is 0 Å². The molecule has 5 nitrogen and oxygen atoms in total. The molecule has 1 saturated carbocycles. The van der Waals surface area contributed by atoms with E-state index < -0.39 is 0 Å². The van der Waals surface area contributed by atoms with E-state index in [-0.39, 0.29) is 0 Å². The molecule has 0 unspecified atom stereocenters. The minimum absolute atomic E-state index is 0.485. The molecule has 0 atom stereocenters. The van der Waals surface area contributed by atoms with Crippen LogP contribution in [-0.2, 0) is 18.9 Å². The van der Waals surface area contributed by atoms with Crippen molar-refractivity contribution in [2.24, 2.45) is 0 Å². The van der Waals surface area contributed by atoms with Gasteiger partial charge in [-0.15, -0.1) is 10.2 Å². The molecule has 1 aliphatic carbocycles. The van der Waals surface area contributed by atoms with Crippen LogP contribution < -0.4 is 4.74 Å². The van der Waals surface area contributed by atoms with Crippen LogP contribution in [-0.4, -0.2) is 19.7 Å². The van der Waals surface area contributed by atoms with Gasteiger partial charge in [-0.2, -0.15) is 0 Å². The summed E-state index contributed by atoms with van der Waals surface area (Å²) in [6, 6.07) is 14.1. The molecule has 2 aromatic heterocycles. The third-order valence-electron chi connectivity index (χ3n) is 4.41. The molecule has 3 aromatic rings. The molecule has 1 fully saturated rings. The molecular formula is C20H22N4OS. The molecule has 0 aliphatic heterocycles. The normalized spacial score (nSPS) is 13.7. The summed E-state index contributed by atoms with van der Waals surface area (Å²) in [5.41, 5.74) is 2.18. The quantitative estimate of drug-likeness (QED) is 0.552. The lowest BCUT2D eigenvalue weighted by Gasteiger charge is -2.08. The molecule has 6 heteroatoms. The average Bonchev–Trinajstić information content (AvgIpc) is 3.46. The average molecular weight is 366 g/mol. The van der Waals surface area contributed by atoms with Crippen LogP contribution in [0.1, 0.15) is 42.8 Å². The van der Waals surface area contributed by atoms with Gasteiger partial charge in [0.05, 0.1) is 5.69 Å². The predicted octanol–water partition coefficient (Wildman–Crippen LogP) is 4.44. The van der Waals surface area contributed by atoms with Crippen LogP contribution in [0.5, 0.6) is 5.75 Å². The van der Waals surface area contributed by atoms with Crippen molar-refractivity contribution in [1.29, 1.82) is 0 Å². The van der Waals surface area contributed by atoms with Crippen molar-refractivity contribution < 1.29 is 4.74 Å². The van der Waals surface area contributed by atoms with Crippen LogP contribution in [0.2, 0.25) is 0 Å². The Kier molecular flexibility index (Phi) is 5.20. The Morgan fingerprint density at radius 1 is 1.12 bits per heavy atom. The highest BCUT2D eigenvalue weighted by molar-refractivity contribution is 7.98. The highest BCUT2D eigenvalue weighted by Gasteiger charge is 2.29. The maximum Gasteiger partial charge on any atom is 0.191 e. The van der Waals surface area contributed by atoms with Gasteiger partial charge >= 0.3 is 0 Å². The van der Waals surface area contributed by atoms with Gasteiger partial charge in [0.2, 0.25) is 0 Å². The van der Waals surface area contributed by atoms with Crippen LogP contribution in [0.4, 0.5) is 0 Å². The van der Waals surface area contributed by atoms with E-state index in [0.717, 1.165) is 34.7 Å². The number of rotatable bonds is 8. The first-order chi connectivity index (χ1) is 12.8. The molecule has 0 saturated heterocycles. The number of aromatic nitrogens is 4. The van der Waals surface area contributed by atoms with E-state index in [0.29, 0.717) is 12.5 Å². The molecule has 1 aliphatic rings. The van der Waals surface area contributed by atoms with E-state index in [1.807, 2.05) is 30.3 Å². The van der Waals surface area contributed by atoms with Gasteiger partial charge in [-0.25, -0.2) is 0 Å². The number of benzene rings is 1. The van der Waals surface area contributed by atoms with Gasteiger partial charge in [0.25, 0.3) is 0 Å². The van der Waals surface area contributed by atoms with Gasteiger partial charge in [-0.05, 0) is 49.6 Å². The minimum Gasteiger partial charge on any atom is -0.487 e. The number of ether oxygens (including phenoxy) is 1. The summed E-state index contributed by atoms with van der Waals surface area (Å²) in [5, 5.41) is 9.80. The second kappa shape index (κ2) is 7.91. The largest absolute Gasteiger partial charge is 0.487 e. The standard InChI is InChI=1S/C20H22N4OS/c1-2-24-19(16-8-9-16)22-23-20(24)26-14-15-6-10-18(11-7-15)25-13-17-5-3-4-12-21-17/h3-7,10-12,16H,2,8-9,13-14H2,1H3. The zero-order chi connectivity index (χ0) is 17.8. The summed E-state index contributed by atoms with van der Waals surface area (Å²) in [6.07, 6.45) is 4.29. The number of pyridine rings is 1. The molecule has 134 valence electrons. The minimum atomic E-state index is 0.485. The first kappa shape index (κ1) is 17.1. The molecule has 26 heavy (non-hydrogen) atoms. The molecule has 2 heterocycles. The third kappa shape index (κ3) is 4.07. The van der Waals surface area contributed by atoms with Gasteiger partial charge in [-0.3, -0.25) is 4.98 Å². The third-order valence-corrected chi connectivity index (χ3v) is 5.45. The molecule has 0 N–H and O–H groups in total. The van der Waals surface area contributed by atoms with Crippen LogP contribution in [0, 0.1) is 0 Å². The number of hydrogen-bond donors (Lipinski definition) is 0. The second-order valence-corrected chi connectivity index (χ2v) is 7.34. The van der Waals surface area contributed by atoms with Crippen molar-refractivity contribution in [2.45, 2.75) is 49.7 Å². The van der Waals surface area contributed by atoms with E-state index >= 15 is 0 Å². The van der Waals surface area contributed by atoms with Crippen molar-refractivity contribution in [1.82, 2.24) is 19.7 Å². The Morgan fingerprint density at radius 2 is 1.96 bits per heavy atom. The summed E-state index contributed by atoms with van der Waals surface area (Å²) in [6.45, 7) is 3.58. The van der Waals surface area contributed by atoms with E-state index in [9.17, 15) is 0 Å². The fourth-order valence-corrected chi connectivity index (χ4v) is 3.78. The first-order valence-corrected chi connectivity index (χ1v) is 9.99. The molecule has 0 radical (unpaired) electrons. The molecule has 0 bridgehead atoms. The smallest absolute Gasteiger partial charge is 0.191 e. The predicted molar refractivity (Wildman–Crippen MR) is 102 cm³/mol. The van der Waals surface area contributed by atoms with E-state index in [1.54, 1.807) is 18.0 Å². The molecular weight excluding hydrogens is 344 g/mol. The number of hydrogen-bond acceptors (Lipinski definition) is 5. The van der Waals surface area contributed by atoms with Gasteiger partial charge < -0.3 is 9.30 Å². The lowest BCUT2D eigenvalue weighted by Crippen LogP contribution is -2.02. The highest BCUT2D eigenvalue weighted by Crippen LogP contribution is 2.40. The van der Waals surface area contributed by atoms with E-state index in [2.05, 4.69) is 38.8 Å². The van der Waals surface area contributed by atoms with Gasteiger partial charge in [0.1, 0.15) is 18.2 Å². The zero-order valence-electron chi connectivity index (χ0n) is 14.8. The lowest BCUT2D eigenvalue weighted by atomic mass is 10.2. The highest BCUT2D eigenvalue weighted by atomic mass is 32.2. The van der Waals surface area contributed by atoms with Crippen molar-refractivity contribution >= 4 is 11.8 Å². The van der Waals surface area contributed by atoms with Gasteiger partial charge in [0.15, 0.2) is 5.16 Å². The van der Waals surface area contributed by atoms with Crippen LogP contribution in [0.15, 0.2) is 53.8 Å². The zero-order valence-corrected chi connectivity index (χ0v) is 15.7. The summed E-state index contributed by atoms with van der Waals surface area (Å²) in [7, 11) is 0. The Balaban J connectivity index is 1.33. The number of nitrogens with zero attached hydrogens (tertiary/aromatic N) is 4. The van der Waals surface area contributed by atoms with E-state index in [4.69, 9.17) is 4.74 Å². The monoisotopic (exact) mass is 366 g/mol. The summed E-state index contributed by atoms with van der Waals surface area (Å²) >= 11 is 1.75. The SMILES string of the molecule is CCn1c(SCc2ccc(OCc3ccccn3)cc2)nnc1C1CC1. The summed E-state index contributed by atoms with van der Waals surface area (Å²) in [5.74, 6) is 3.53. The Morgan fingerprint density at radius 3 is 2.65 bits per heavy atom. The lowest BCUT2D eigenvalue weighted by molar-refractivity contribution is 0.301. The van der Waals surface area contributed by atoms with Crippen LogP contribution in [0.25, 0.3) is 0 Å². The fourth-order valence-electron chi connectivity index (χ4n) is 2.82. The van der Waals surface area contributed by atoms with Crippen molar-refractivity contribution in [3.05, 3.63) is 65.7 Å². The molecule has 4 rings (SSSR count). The Hall–Kier alpha value is -2.34. The second-order valence-electron chi connectivity index (χ2n) is 6.40. The maximum absolute atomic E-state index is 5.79. The van der Waals surface area contributed by atoms with Gasteiger partial charge in [-0.1, -0.05) is 30.0 Å². The van der Waals surface area contributed by atoms with Crippen molar-refractivity contribution in [3.8, 4) is 5.75 Å². The summed E-state index contributed by atoms with van der Waals surface area (Å²) < 4.78 is 8.04. The Bertz CT molecular complexity index is 844. The van der Waals surface area contributed by atoms with Gasteiger partial charge in [0, 0.05) is 24.4 Å². The maximum atomic E-state index is 5.79. The topological polar surface area (TPSA) is 52.8 Å². The van der Waals surface area contributed by atoms with Crippen molar-refractivity contribution in [2.75, 3.05) is 0 Å².